The van der Waals surface area contributed by atoms with Gasteiger partial charge in [0.25, 0.3) is 0 Å². The number of halogens is 1. The van der Waals surface area contributed by atoms with Crippen molar-refractivity contribution in [3.8, 4) is 5.75 Å². The minimum atomic E-state index is -0.491. The van der Waals surface area contributed by atoms with E-state index >= 15 is 0 Å². The number of fused-ring (bicyclic) bond motifs is 1. The Morgan fingerprint density at radius 3 is 2.85 bits per heavy atom. The Hall–Kier alpha value is -3.92. The molecule has 4 aromatic rings. The molecule has 0 radical (unpaired) electrons. The maximum absolute atomic E-state index is 13.9. The highest BCUT2D eigenvalue weighted by atomic mass is 32.2. The first-order chi connectivity index (χ1) is 16.4. The van der Waals surface area contributed by atoms with Crippen LogP contribution in [0.25, 0.3) is 11.0 Å². The summed E-state index contributed by atoms with van der Waals surface area (Å²) in [7, 11) is 0. The molecule has 0 unspecified atom stereocenters. The molecule has 0 saturated carbocycles. The molecule has 34 heavy (non-hydrogen) atoms. The van der Waals surface area contributed by atoms with Crippen molar-refractivity contribution in [2.45, 2.75) is 31.0 Å². The first kappa shape index (κ1) is 23.2. The summed E-state index contributed by atoms with van der Waals surface area (Å²) >= 11 is 1.39. The van der Waals surface area contributed by atoms with Crippen LogP contribution in [-0.2, 0) is 23.7 Å². The summed E-state index contributed by atoms with van der Waals surface area (Å²) in [4.78, 5) is 23.4. The van der Waals surface area contributed by atoms with E-state index in [4.69, 9.17) is 9.15 Å². The lowest BCUT2D eigenvalue weighted by atomic mass is 10.1. The largest absolute Gasteiger partial charge is 0.483 e. The zero-order valence-electron chi connectivity index (χ0n) is 18.3. The summed E-state index contributed by atoms with van der Waals surface area (Å²) in [6.07, 6.45) is 1.70. The highest BCUT2D eigenvalue weighted by Gasteiger charge is 2.15. The number of carbonyl (C=O) groups excluding carboxylic acids is 1. The number of aromatic nitrogens is 3. The molecule has 174 valence electrons. The van der Waals surface area contributed by atoms with E-state index in [2.05, 4.69) is 22.1 Å². The first-order valence-corrected chi connectivity index (χ1v) is 11.3. The lowest BCUT2D eigenvalue weighted by molar-refractivity contribution is -0.114. The zero-order valence-corrected chi connectivity index (χ0v) is 19.1. The average molecular weight is 481 g/mol. The van der Waals surface area contributed by atoms with Gasteiger partial charge in [-0.2, -0.15) is 0 Å². The van der Waals surface area contributed by atoms with Crippen molar-refractivity contribution in [2.24, 2.45) is 0 Å². The van der Waals surface area contributed by atoms with Gasteiger partial charge in [-0.1, -0.05) is 30.0 Å². The fraction of sp³-hybridized carbons (Fsp3) is 0.167. The highest BCUT2D eigenvalue weighted by Crippen LogP contribution is 2.28. The fourth-order valence-corrected chi connectivity index (χ4v) is 4.28. The van der Waals surface area contributed by atoms with Crippen LogP contribution in [0, 0.1) is 5.82 Å². The minimum Gasteiger partial charge on any atom is -0.483 e. The SMILES string of the molecule is C=CCn1c(COc2ccccc2F)nnc1SCc1cc(=O)oc2cc(NC(C)=O)ccc12. The maximum atomic E-state index is 13.9. The molecule has 0 bridgehead atoms. The molecule has 8 nitrogen and oxygen atoms in total. The molecule has 0 aliphatic carbocycles. The second kappa shape index (κ2) is 10.3. The highest BCUT2D eigenvalue weighted by molar-refractivity contribution is 7.98. The molecule has 2 heterocycles. The van der Waals surface area contributed by atoms with Crippen LogP contribution in [-0.4, -0.2) is 20.7 Å². The third-order valence-corrected chi connectivity index (χ3v) is 5.82. The number of hydrogen-bond acceptors (Lipinski definition) is 7. The van der Waals surface area contributed by atoms with Gasteiger partial charge in [0.05, 0.1) is 0 Å². The summed E-state index contributed by atoms with van der Waals surface area (Å²) in [6.45, 7) is 5.65. The van der Waals surface area contributed by atoms with Crippen LogP contribution in [0.3, 0.4) is 0 Å². The van der Waals surface area contributed by atoms with Crippen molar-refractivity contribution >= 4 is 34.3 Å². The number of ether oxygens (including phenoxy) is 1. The van der Waals surface area contributed by atoms with E-state index in [0.717, 1.165) is 10.9 Å². The lowest BCUT2D eigenvalue weighted by Gasteiger charge is -2.10. The molecule has 0 fully saturated rings. The third kappa shape index (κ3) is 5.34. The average Bonchev–Trinajstić information content (AvgIpc) is 3.18. The standard InChI is InChI=1S/C24H21FN4O4S/c1-3-10-29-22(13-32-20-7-5-4-6-19(20)25)27-28-24(29)34-14-16-11-23(31)33-21-12-17(26-15(2)30)8-9-18(16)21/h3-9,11-12H,1,10,13-14H2,2H3,(H,26,30). The quantitative estimate of drug-likeness (QED) is 0.213. The fourth-order valence-electron chi connectivity index (χ4n) is 3.32. The number of para-hydroxylation sites is 1. The third-order valence-electron chi connectivity index (χ3n) is 4.81. The van der Waals surface area contributed by atoms with Gasteiger partial charge in [-0.05, 0) is 29.8 Å². The Labute approximate surface area is 198 Å². The number of thioether (sulfide) groups is 1. The van der Waals surface area contributed by atoms with Gasteiger partial charge in [-0.3, -0.25) is 9.36 Å². The van der Waals surface area contributed by atoms with Gasteiger partial charge in [0.2, 0.25) is 5.91 Å². The second-order valence-corrected chi connectivity index (χ2v) is 8.23. The van der Waals surface area contributed by atoms with Crippen molar-refractivity contribution in [1.29, 1.82) is 0 Å². The van der Waals surface area contributed by atoms with Crippen LogP contribution in [0.1, 0.15) is 18.3 Å². The molecule has 1 N–H and O–H groups in total. The number of rotatable bonds is 9. The van der Waals surface area contributed by atoms with Gasteiger partial charge in [-0.25, -0.2) is 9.18 Å². The van der Waals surface area contributed by atoms with Crippen LogP contribution in [0.4, 0.5) is 10.1 Å². The van der Waals surface area contributed by atoms with E-state index in [-0.39, 0.29) is 18.3 Å². The van der Waals surface area contributed by atoms with Crippen molar-refractivity contribution in [1.82, 2.24) is 14.8 Å². The van der Waals surface area contributed by atoms with Gasteiger partial charge in [0, 0.05) is 42.4 Å². The molecule has 2 aromatic heterocycles. The molecule has 2 aromatic carbocycles. The normalized spacial score (nSPS) is 10.9. The van der Waals surface area contributed by atoms with Gasteiger partial charge in [0.15, 0.2) is 22.5 Å². The van der Waals surface area contributed by atoms with Gasteiger partial charge in [0.1, 0.15) is 12.2 Å². The van der Waals surface area contributed by atoms with Crippen LogP contribution in [0.2, 0.25) is 0 Å². The number of allylic oxidation sites excluding steroid dienone is 1. The van der Waals surface area contributed by atoms with Gasteiger partial charge >= 0.3 is 5.63 Å². The van der Waals surface area contributed by atoms with E-state index in [1.807, 2.05) is 4.57 Å². The minimum absolute atomic E-state index is 0.0338. The number of nitrogens with one attached hydrogen (secondary N) is 1. The molecule has 10 heteroatoms. The van der Waals surface area contributed by atoms with Crippen LogP contribution < -0.4 is 15.7 Å². The lowest BCUT2D eigenvalue weighted by Crippen LogP contribution is -2.08. The van der Waals surface area contributed by atoms with Crippen molar-refractivity contribution in [3.63, 3.8) is 0 Å². The summed E-state index contributed by atoms with van der Waals surface area (Å²) in [6, 6.07) is 12.7. The number of amides is 1. The predicted molar refractivity (Wildman–Crippen MR) is 127 cm³/mol. The molecule has 0 atom stereocenters. The topological polar surface area (TPSA) is 99.2 Å². The molecule has 0 aliphatic heterocycles. The van der Waals surface area contributed by atoms with Crippen molar-refractivity contribution in [2.75, 3.05) is 5.32 Å². The Balaban J connectivity index is 1.55. The van der Waals surface area contributed by atoms with E-state index in [0.29, 0.717) is 34.5 Å². The van der Waals surface area contributed by atoms with Crippen LogP contribution in [0.5, 0.6) is 5.75 Å². The first-order valence-electron chi connectivity index (χ1n) is 10.3. The predicted octanol–water partition coefficient (Wildman–Crippen LogP) is 4.54. The van der Waals surface area contributed by atoms with Crippen molar-refractivity contribution in [3.05, 3.63) is 88.8 Å². The Bertz CT molecular complexity index is 1420. The summed E-state index contributed by atoms with van der Waals surface area (Å²) in [5.41, 5.74) is 1.18. The molecule has 0 saturated heterocycles. The molecule has 1 amide bonds. The molecule has 0 spiro atoms. The van der Waals surface area contributed by atoms with E-state index < -0.39 is 11.4 Å². The number of hydrogen-bond donors (Lipinski definition) is 1. The van der Waals surface area contributed by atoms with Crippen molar-refractivity contribution < 1.29 is 18.3 Å². The van der Waals surface area contributed by atoms with Crippen LogP contribution in [0.15, 0.2) is 75.6 Å². The second-order valence-electron chi connectivity index (χ2n) is 7.29. The zero-order chi connectivity index (χ0) is 24.1. The Morgan fingerprint density at radius 1 is 1.26 bits per heavy atom. The molecular formula is C24H21FN4O4S. The monoisotopic (exact) mass is 480 g/mol. The summed E-state index contributed by atoms with van der Waals surface area (Å²) < 4.78 is 26.6. The summed E-state index contributed by atoms with van der Waals surface area (Å²) in [5.74, 6) is 0.396. The van der Waals surface area contributed by atoms with Gasteiger partial charge < -0.3 is 14.5 Å². The summed E-state index contributed by atoms with van der Waals surface area (Å²) in [5, 5.41) is 12.4. The van der Waals surface area contributed by atoms with Crippen LogP contribution >= 0.6 is 11.8 Å². The number of benzene rings is 2. The van der Waals surface area contributed by atoms with E-state index in [1.165, 1.54) is 30.8 Å². The Morgan fingerprint density at radius 2 is 2.09 bits per heavy atom. The number of anilines is 1. The Kier molecular flexibility index (Phi) is 7.07. The molecule has 0 aliphatic rings. The number of carbonyl (C=O) groups is 1. The van der Waals surface area contributed by atoms with E-state index in [9.17, 15) is 14.0 Å². The van der Waals surface area contributed by atoms with E-state index in [1.54, 1.807) is 42.5 Å². The smallest absolute Gasteiger partial charge is 0.336 e. The number of nitrogens with zero attached hydrogens (tertiary/aromatic N) is 3. The molecular weight excluding hydrogens is 459 g/mol. The van der Waals surface area contributed by atoms with Gasteiger partial charge in [-0.15, -0.1) is 16.8 Å². The maximum Gasteiger partial charge on any atom is 0.336 e. The molecule has 4 rings (SSSR count).